The van der Waals surface area contributed by atoms with E-state index in [1.807, 2.05) is 36.7 Å². The number of ether oxygens (including phenoxy) is 1. The Kier molecular flexibility index (Phi) is 10.7. The van der Waals surface area contributed by atoms with Gasteiger partial charge in [0.1, 0.15) is 5.75 Å². The average Bonchev–Trinajstić information content (AvgIpc) is 3.46. The van der Waals surface area contributed by atoms with E-state index in [9.17, 15) is 4.79 Å². The van der Waals surface area contributed by atoms with Crippen molar-refractivity contribution in [1.29, 1.82) is 0 Å². The number of aryl methyl sites for hydroxylation is 1. The topological polar surface area (TPSA) is 52.1 Å². The molecule has 1 saturated carbocycles. The van der Waals surface area contributed by atoms with E-state index in [-0.39, 0.29) is 5.97 Å². The lowest BCUT2D eigenvalue weighted by Crippen LogP contribution is -2.07. The molecule has 1 aromatic heterocycles. The van der Waals surface area contributed by atoms with Crippen molar-refractivity contribution in [3.8, 4) is 28.3 Å². The first-order valence-corrected chi connectivity index (χ1v) is 14.4. The van der Waals surface area contributed by atoms with Crippen LogP contribution in [0.5, 0.6) is 5.75 Å². The molecule has 0 atom stereocenters. The summed E-state index contributed by atoms with van der Waals surface area (Å²) in [6.07, 6.45) is 20.7. The predicted molar refractivity (Wildman–Crippen MR) is 151 cm³/mol. The van der Waals surface area contributed by atoms with Crippen LogP contribution in [0.25, 0.3) is 22.5 Å². The third-order valence-corrected chi connectivity index (χ3v) is 7.55. The standard InChI is InChI=1S/C33H42N2O2/c1-2-3-4-6-14-27-24-34-33(35-25-27)30-18-16-28(17-19-30)29-20-22-31(23-21-29)37-32(36)15-8-5-7-11-26-12-9-10-13-26/h16-26H,2-15H2,1H3. The van der Waals surface area contributed by atoms with Gasteiger partial charge in [-0.25, -0.2) is 9.97 Å². The summed E-state index contributed by atoms with van der Waals surface area (Å²) < 4.78 is 5.55. The summed E-state index contributed by atoms with van der Waals surface area (Å²) in [5, 5.41) is 0. The number of aromatic nitrogens is 2. The second-order valence-corrected chi connectivity index (χ2v) is 10.6. The average molecular weight is 499 g/mol. The zero-order chi connectivity index (χ0) is 25.7. The Bertz CT molecular complexity index is 1070. The largest absolute Gasteiger partial charge is 0.427 e. The molecule has 0 aliphatic heterocycles. The van der Waals surface area contributed by atoms with E-state index in [2.05, 4.69) is 41.2 Å². The van der Waals surface area contributed by atoms with Gasteiger partial charge in [0.2, 0.25) is 0 Å². The van der Waals surface area contributed by atoms with Gasteiger partial charge in [0.05, 0.1) is 0 Å². The smallest absolute Gasteiger partial charge is 0.311 e. The van der Waals surface area contributed by atoms with Crippen LogP contribution in [0.4, 0.5) is 0 Å². The van der Waals surface area contributed by atoms with E-state index >= 15 is 0 Å². The molecule has 4 nitrogen and oxygen atoms in total. The fraction of sp³-hybridized carbons (Fsp3) is 0.485. The second-order valence-electron chi connectivity index (χ2n) is 10.6. The highest BCUT2D eigenvalue weighted by atomic mass is 16.5. The number of carbonyl (C=O) groups is 1. The van der Waals surface area contributed by atoms with Crippen LogP contribution in [-0.4, -0.2) is 15.9 Å². The first-order valence-electron chi connectivity index (χ1n) is 14.4. The number of hydrogen-bond acceptors (Lipinski definition) is 4. The molecule has 3 aromatic rings. The number of esters is 1. The normalized spacial score (nSPS) is 13.6. The van der Waals surface area contributed by atoms with E-state index in [1.165, 1.54) is 69.8 Å². The van der Waals surface area contributed by atoms with Gasteiger partial charge in [-0.1, -0.05) is 108 Å². The van der Waals surface area contributed by atoms with Crippen molar-refractivity contribution < 1.29 is 9.53 Å². The van der Waals surface area contributed by atoms with Crippen molar-refractivity contribution in [3.63, 3.8) is 0 Å². The Hall–Kier alpha value is -3.01. The minimum Gasteiger partial charge on any atom is -0.427 e. The molecule has 0 bridgehead atoms. The molecule has 4 heteroatoms. The van der Waals surface area contributed by atoms with E-state index in [0.717, 1.165) is 47.7 Å². The van der Waals surface area contributed by atoms with Crippen LogP contribution in [-0.2, 0) is 11.2 Å². The third kappa shape index (κ3) is 8.80. The van der Waals surface area contributed by atoms with Gasteiger partial charge in [-0.2, -0.15) is 0 Å². The Labute approximate surface area is 222 Å². The molecule has 0 amide bonds. The van der Waals surface area contributed by atoms with Crippen LogP contribution in [0.3, 0.4) is 0 Å². The van der Waals surface area contributed by atoms with Gasteiger partial charge >= 0.3 is 5.97 Å². The summed E-state index contributed by atoms with van der Waals surface area (Å²) in [5.41, 5.74) is 4.41. The van der Waals surface area contributed by atoms with Gasteiger partial charge in [0.25, 0.3) is 0 Å². The molecule has 1 heterocycles. The molecule has 0 unspecified atom stereocenters. The lowest BCUT2D eigenvalue weighted by molar-refractivity contribution is -0.134. The molecule has 2 aromatic carbocycles. The maximum absolute atomic E-state index is 12.2. The summed E-state index contributed by atoms with van der Waals surface area (Å²) >= 11 is 0. The van der Waals surface area contributed by atoms with Crippen molar-refractivity contribution in [3.05, 3.63) is 66.5 Å². The van der Waals surface area contributed by atoms with E-state index in [4.69, 9.17) is 4.74 Å². The molecule has 0 spiro atoms. The number of nitrogens with zero attached hydrogens (tertiary/aromatic N) is 2. The number of rotatable bonds is 14. The van der Waals surface area contributed by atoms with Gasteiger partial charge in [-0.15, -0.1) is 0 Å². The Morgan fingerprint density at radius 2 is 1.41 bits per heavy atom. The van der Waals surface area contributed by atoms with Gasteiger partial charge in [0, 0.05) is 24.4 Å². The molecule has 4 rings (SSSR count). The van der Waals surface area contributed by atoms with Gasteiger partial charge in [-0.3, -0.25) is 4.79 Å². The lowest BCUT2D eigenvalue weighted by Gasteiger charge is -2.09. The maximum atomic E-state index is 12.2. The van der Waals surface area contributed by atoms with E-state index in [0.29, 0.717) is 12.2 Å². The van der Waals surface area contributed by atoms with Crippen molar-refractivity contribution in [1.82, 2.24) is 9.97 Å². The van der Waals surface area contributed by atoms with E-state index < -0.39 is 0 Å². The maximum Gasteiger partial charge on any atom is 0.311 e. The summed E-state index contributed by atoms with van der Waals surface area (Å²) in [4.78, 5) is 21.4. The molecule has 0 radical (unpaired) electrons. The Morgan fingerprint density at radius 1 is 0.784 bits per heavy atom. The Balaban J connectivity index is 1.21. The van der Waals surface area contributed by atoms with Gasteiger partial charge in [0.15, 0.2) is 5.82 Å². The monoisotopic (exact) mass is 498 g/mol. The van der Waals surface area contributed by atoms with Gasteiger partial charge < -0.3 is 4.74 Å². The van der Waals surface area contributed by atoms with Gasteiger partial charge in [-0.05, 0) is 54.0 Å². The van der Waals surface area contributed by atoms with Crippen molar-refractivity contribution in [2.75, 3.05) is 0 Å². The SMILES string of the molecule is CCCCCCc1cnc(-c2ccc(-c3ccc(OC(=O)CCCCCC4CCCC4)cc3)cc2)nc1. The predicted octanol–water partition coefficient (Wildman–Crippen LogP) is 8.98. The zero-order valence-corrected chi connectivity index (χ0v) is 22.5. The molecule has 1 aliphatic carbocycles. The molecule has 0 N–H and O–H groups in total. The first-order chi connectivity index (χ1) is 18.2. The molecular formula is C33H42N2O2. The summed E-state index contributed by atoms with van der Waals surface area (Å²) in [7, 11) is 0. The van der Waals surface area contributed by atoms with Crippen molar-refractivity contribution in [2.45, 2.75) is 96.8 Å². The number of unbranched alkanes of at least 4 members (excludes halogenated alkanes) is 5. The summed E-state index contributed by atoms with van der Waals surface area (Å²) in [6.45, 7) is 2.23. The second kappa shape index (κ2) is 14.7. The van der Waals surface area contributed by atoms with Crippen LogP contribution < -0.4 is 4.74 Å². The molecule has 1 fully saturated rings. The van der Waals surface area contributed by atoms with Crippen LogP contribution in [0, 0.1) is 5.92 Å². The molecule has 0 saturated heterocycles. The van der Waals surface area contributed by atoms with E-state index in [1.54, 1.807) is 0 Å². The van der Waals surface area contributed by atoms with Crippen molar-refractivity contribution >= 4 is 5.97 Å². The fourth-order valence-corrected chi connectivity index (χ4v) is 5.28. The minimum atomic E-state index is -0.134. The fourth-order valence-electron chi connectivity index (χ4n) is 5.28. The minimum absolute atomic E-state index is 0.134. The van der Waals surface area contributed by atoms with Crippen LogP contribution in [0.2, 0.25) is 0 Å². The zero-order valence-electron chi connectivity index (χ0n) is 22.5. The number of hydrogen-bond donors (Lipinski definition) is 0. The number of benzene rings is 2. The summed E-state index contributed by atoms with van der Waals surface area (Å²) in [6, 6.07) is 16.1. The first kappa shape index (κ1) is 27.0. The molecular weight excluding hydrogens is 456 g/mol. The number of carbonyl (C=O) groups excluding carboxylic acids is 1. The highest BCUT2D eigenvalue weighted by Gasteiger charge is 2.14. The molecule has 37 heavy (non-hydrogen) atoms. The van der Waals surface area contributed by atoms with Crippen molar-refractivity contribution in [2.24, 2.45) is 5.92 Å². The molecule has 196 valence electrons. The highest BCUT2D eigenvalue weighted by Crippen LogP contribution is 2.29. The molecule has 1 aliphatic rings. The highest BCUT2D eigenvalue weighted by molar-refractivity contribution is 5.73. The van der Waals surface area contributed by atoms with Crippen LogP contribution in [0.1, 0.15) is 96.0 Å². The van der Waals surface area contributed by atoms with Crippen LogP contribution >= 0.6 is 0 Å². The van der Waals surface area contributed by atoms with Crippen LogP contribution in [0.15, 0.2) is 60.9 Å². The third-order valence-electron chi connectivity index (χ3n) is 7.55. The Morgan fingerprint density at radius 3 is 2.08 bits per heavy atom. The summed E-state index contributed by atoms with van der Waals surface area (Å²) in [5.74, 6) is 2.17. The quantitative estimate of drug-likeness (QED) is 0.126. The lowest BCUT2D eigenvalue weighted by atomic mass is 9.99.